The minimum atomic E-state index is -4.42. The van der Waals surface area contributed by atoms with Crippen LogP contribution in [0.5, 0.6) is 0 Å². The van der Waals surface area contributed by atoms with Gasteiger partial charge in [-0.1, -0.05) is 23.2 Å². The van der Waals surface area contributed by atoms with E-state index < -0.39 is 11.7 Å². The van der Waals surface area contributed by atoms with Crippen molar-refractivity contribution in [3.05, 3.63) is 46.2 Å². The van der Waals surface area contributed by atoms with E-state index in [1.807, 2.05) is 0 Å². The molecular weight excluding hydrogens is 276 g/mol. The van der Waals surface area contributed by atoms with Crippen LogP contribution in [0.25, 0.3) is 5.69 Å². The molecule has 1 aromatic heterocycles. The molecule has 0 unspecified atom stereocenters. The van der Waals surface area contributed by atoms with Crippen LogP contribution in [0, 0.1) is 6.07 Å². The molecular formula is C10H4Cl2F3N2. The van der Waals surface area contributed by atoms with E-state index in [0.717, 1.165) is 16.8 Å². The summed E-state index contributed by atoms with van der Waals surface area (Å²) in [5.74, 6) is 0. The highest BCUT2D eigenvalue weighted by Gasteiger charge is 2.30. The largest absolute Gasteiger partial charge is 0.416 e. The van der Waals surface area contributed by atoms with Crippen LogP contribution in [0.2, 0.25) is 10.2 Å². The second-order valence-corrected chi connectivity index (χ2v) is 3.96. The van der Waals surface area contributed by atoms with Gasteiger partial charge in [-0.25, -0.2) is 4.68 Å². The monoisotopic (exact) mass is 279 g/mol. The Morgan fingerprint density at radius 1 is 1.24 bits per heavy atom. The number of benzene rings is 1. The highest BCUT2D eigenvalue weighted by atomic mass is 35.5. The van der Waals surface area contributed by atoms with Crippen LogP contribution in [0.15, 0.2) is 24.4 Å². The second-order valence-electron chi connectivity index (χ2n) is 3.19. The number of hydrogen-bond acceptors (Lipinski definition) is 1. The zero-order valence-corrected chi connectivity index (χ0v) is 9.61. The fraction of sp³-hybridized carbons (Fsp3) is 0.100. The lowest BCUT2D eigenvalue weighted by molar-refractivity contribution is -0.137. The van der Waals surface area contributed by atoms with Crippen LogP contribution >= 0.6 is 23.2 Å². The van der Waals surface area contributed by atoms with Crippen molar-refractivity contribution in [3.63, 3.8) is 0 Å². The lowest BCUT2D eigenvalue weighted by Gasteiger charge is -2.08. The second kappa shape index (κ2) is 4.23. The third kappa shape index (κ3) is 2.56. The summed E-state index contributed by atoms with van der Waals surface area (Å²) >= 11 is 11.3. The Kier molecular flexibility index (Phi) is 3.05. The molecule has 17 heavy (non-hydrogen) atoms. The molecule has 0 amide bonds. The zero-order valence-electron chi connectivity index (χ0n) is 8.09. The number of nitrogens with zero attached hydrogens (tertiary/aromatic N) is 2. The number of alkyl halides is 3. The maximum Gasteiger partial charge on any atom is 0.416 e. The lowest BCUT2D eigenvalue weighted by Crippen LogP contribution is -2.06. The van der Waals surface area contributed by atoms with Crippen LogP contribution in [-0.2, 0) is 6.18 Å². The molecule has 89 valence electrons. The van der Waals surface area contributed by atoms with Gasteiger partial charge in [0.1, 0.15) is 0 Å². The van der Waals surface area contributed by atoms with Crippen molar-refractivity contribution in [2.24, 2.45) is 0 Å². The summed E-state index contributed by atoms with van der Waals surface area (Å²) in [5.41, 5.74) is -0.619. The molecule has 2 rings (SSSR count). The van der Waals surface area contributed by atoms with Gasteiger partial charge in [-0.05, 0) is 24.3 Å². The first-order valence-corrected chi connectivity index (χ1v) is 5.13. The first kappa shape index (κ1) is 12.3. The highest BCUT2D eigenvalue weighted by Crippen LogP contribution is 2.30. The van der Waals surface area contributed by atoms with Gasteiger partial charge < -0.3 is 0 Å². The van der Waals surface area contributed by atoms with Crippen LogP contribution in [-0.4, -0.2) is 9.78 Å². The maximum absolute atomic E-state index is 12.5. The minimum Gasteiger partial charge on any atom is -0.238 e. The van der Waals surface area contributed by atoms with E-state index in [1.54, 1.807) is 0 Å². The number of rotatable bonds is 1. The summed E-state index contributed by atoms with van der Waals surface area (Å²) in [6.07, 6.45) is -3.10. The van der Waals surface area contributed by atoms with Crippen molar-refractivity contribution >= 4 is 23.2 Å². The van der Waals surface area contributed by atoms with E-state index in [1.165, 1.54) is 12.3 Å². The minimum absolute atomic E-state index is 0.0316. The average Bonchev–Trinajstić information content (AvgIpc) is 2.58. The van der Waals surface area contributed by atoms with Crippen molar-refractivity contribution in [2.45, 2.75) is 6.18 Å². The van der Waals surface area contributed by atoms with Gasteiger partial charge in [0.25, 0.3) is 0 Å². The molecule has 0 saturated carbocycles. The molecule has 0 atom stereocenters. The van der Waals surface area contributed by atoms with Gasteiger partial charge in [0.15, 0.2) is 5.15 Å². The standard InChI is InChI=1S/C10H4Cl2F3N2/c11-8-5-17(16-9(8)12)7-3-1-2-6(4-7)10(13,14)15/h2-5H. The predicted molar refractivity (Wildman–Crippen MR) is 57.4 cm³/mol. The van der Waals surface area contributed by atoms with Crippen molar-refractivity contribution in [1.29, 1.82) is 0 Å². The highest BCUT2D eigenvalue weighted by molar-refractivity contribution is 6.41. The Morgan fingerprint density at radius 3 is 2.47 bits per heavy atom. The first-order chi connectivity index (χ1) is 7.88. The normalized spacial score (nSPS) is 11.8. The van der Waals surface area contributed by atoms with Crippen molar-refractivity contribution in [2.75, 3.05) is 0 Å². The molecule has 0 N–H and O–H groups in total. The van der Waals surface area contributed by atoms with E-state index >= 15 is 0 Å². The molecule has 1 radical (unpaired) electrons. The van der Waals surface area contributed by atoms with Gasteiger partial charge in [0.05, 0.1) is 22.5 Å². The molecule has 2 nitrogen and oxygen atoms in total. The lowest BCUT2D eigenvalue weighted by atomic mass is 10.2. The fourth-order valence-electron chi connectivity index (χ4n) is 1.22. The Hall–Kier alpha value is -1.20. The van der Waals surface area contributed by atoms with Gasteiger partial charge in [-0.3, -0.25) is 0 Å². The van der Waals surface area contributed by atoms with Gasteiger partial charge >= 0.3 is 6.18 Å². The summed E-state index contributed by atoms with van der Waals surface area (Å²) in [6.45, 7) is 0. The topological polar surface area (TPSA) is 17.8 Å². The van der Waals surface area contributed by atoms with Crippen LogP contribution in [0.1, 0.15) is 5.56 Å². The summed E-state index contributed by atoms with van der Waals surface area (Å²) in [6, 6.07) is 5.55. The Balaban J connectivity index is 2.47. The van der Waals surface area contributed by atoms with E-state index in [0.29, 0.717) is 0 Å². The van der Waals surface area contributed by atoms with Gasteiger partial charge in [-0.2, -0.15) is 18.3 Å². The molecule has 0 aliphatic rings. The zero-order chi connectivity index (χ0) is 12.6. The van der Waals surface area contributed by atoms with Gasteiger partial charge in [0, 0.05) is 0 Å². The Labute approximate surface area is 105 Å². The quantitative estimate of drug-likeness (QED) is 0.772. The smallest absolute Gasteiger partial charge is 0.238 e. The number of hydrogen-bond donors (Lipinski definition) is 0. The fourth-order valence-corrected chi connectivity index (χ4v) is 1.48. The first-order valence-electron chi connectivity index (χ1n) is 4.37. The summed E-state index contributed by atoms with van der Waals surface area (Å²) in [4.78, 5) is 0. The molecule has 0 spiro atoms. The van der Waals surface area contributed by atoms with Gasteiger partial charge in [-0.15, -0.1) is 0 Å². The van der Waals surface area contributed by atoms with E-state index in [-0.39, 0.29) is 15.9 Å². The van der Waals surface area contributed by atoms with Crippen molar-refractivity contribution in [3.8, 4) is 5.69 Å². The van der Waals surface area contributed by atoms with Crippen molar-refractivity contribution in [1.82, 2.24) is 9.78 Å². The Bertz CT molecular complexity index is 529. The van der Waals surface area contributed by atoms with Crippen LogP contribution < -0.4 is 0 Å². The molecule has 0 fully saturated rings. The molecule has 1 heterocycles. The summed E-state index contributed by atoms with van der Waals surface area (Å²) in [7, 11) is 0. The van der Waals surface area contributed by atoms with E-state index in [9.17, 15) is 13.2 Å². The summed E-state index contributed by atoms with van der Waals surface area (Å²) in [5, 5.41) is 3.97. The summed E-state index contributed by atoms with van der Waals surface area (Å²) < 4.78 is 38.6. The SMILES string of the molecule is FC(F)(F)c1c[c]cc(-n2cc(Cl)c(Cl)n2)c1. The Morgan fingerprint density at radius 2 is 1.94 bits per heavy atom. The third-order valence-electron chi connectivity index (χ3n) is 1.99. The number of halogens is 5. The van der Waals surface area contributed by atoms with Crippen LogP contribution in [0.3, 0.4) is 0 Å². The molecule has 0 aliphatic heterocycles. The molecule has 0 aliphatic carbocycles. The molecule has 0 bridgehead atoms. The molecule has 1 aromatic carbocycles. The van der Waals surface area contributed by atoms with E-state index in [2.05, 4.69) is 11.2 Å². The van der Waals surface area contributed by atoms with Crippen LogP contribution in [0.4, 0.5) is 13.2 Å². The van der Waals surface area contributed by atoms with Crippen molar-refractivity contribution < 1.29 is 13.2 Å². The third-order valence-corrected chi connectivity index (χ3v) is 2.65. The predicted octanol–water partition coefficient (Wildman–Crippen LogP) is 4.00. The average molecular weight is 280 g/mol. The molecule has 0 saturated heterocycles. The molecule has 2 aromatic rings. The maximum atomic E-state index is 12.5. The molecule has 7 heteroatoms. The number of aromatic nitrogens is 2. The van der Waals surface area contributed by atoms with Gasteiger partial charge in [0.2, 0.25) is 0 Å². The van der Waals surface area contributed by atoms with E-state index in [4.69, 9.17) is 23.2 Å².